The number of hydrogen-bond donors (Lipinski definition) is 1. The number of hydrogen-bond acceptors (Lipinski definition) is 3. The van der Waals surface area contributed by atoms with Crippen LogP contribution in [0.25, 0.3) is 0 Å². The van der Waals surface area contributed by atoms with Gasteiger partial charge in [-0.1, -0.05) is 0 Å². The molecule has 0 aromatic heterocycles. The fourth-order valence-electron chi connectivity index (χ4n) is 1.65. The van der Waals surface area contributed by atoms with E-state index in [4.69, 9.17) is 0 Å². The molecular formula is C13H21F5HfN2S. The van der Waals surface area contributed by atoms with E-state index in [1.807, 2.05) is 0 Å². The maximum atomic E-state index is 13.4. The summed E-state index contributed by atoms with van der Waals surface area (Å²) in [7, 11) is 1.64. The van der Waals surface area contributed by atoms with Crippen LogP contribution in [0, 0.1) is 0 Å². The Morgan fingerprint density at radius 3 is 2.18 bits per heavy atom. The number of allylic oxidation sites excluding steroid dienone is 2. The second-order valence-corrected chi connectivity index (χ2v) is 11.3. The van der Waals surface area contributed by atoms with Crippen LogP contribution < -0.4 is 5.32 Å². The molecule has 0 spiro atoms. The van der Waals surface area contributed by atoms with Crippen LogP contribution in [0.4, 0.5) is 22.0 Å². The molecule has 0 saturated carbocycles. The van der Waals surface area contributed by atoms with Crippen LogP contribution in [0.1, 0.15) is 26.7 Å². The van der Waals surface area contributed by atoms with Crippen molar-refractivity contribution in [2.45, 2.75) is 36.5 Å². The molecule has 0 saturated heterocycles. The molecule has 0 bridgehead atoms. The van der Waals surface area contributed by atoms with Crippen molar-refractivity contribution in [3.8, 4) is 0 Å². The second kappa shape index (κ2) is 10.2. The maximum absolute atomic E-state index is 13.4. The molecule has 0 atom stereocenters. The van der Waals surface area contributed by atoms with Gasteiger partial charge in [0.05, 0.1) is 0 Å². The second-order valence-electron chi connectivity index (χ2n) is 4.60. The molecule has 0 heterocycles. The van der Waals surface area contributed by atoms with Crippen molar-refractivity contribution in [1.82, 2.24) is 5.32 Å². The molecule has 0 aromatic carbocycles. The van der Waals surface area contributed by atoms with E-state index >= 15 is 0 Å². The van der Waals surface area contributed by atoms with Gasteiger partial charge in [0.15, 0.2) is 0 Å². The minimum absolute atomic E-state index is 0.0717. The molecule has 22 heavy (non-hydrogen) atoms. The summed E-state index contributed by atoms with van der Waals surface area (Å²) in [6.45, 7) is 2.88. The first-order valence-electron chi connectivity index (χ1n) is 6.76. The van der Waals surface area contributed by atoms with Crippen molar-refractivity contribution >= 4 is 15.2 Å². The van der Waals surface area contributed by atoms with Crippen LogP contribution in [0.5, 0.6) is 0 Å². The zero-order chi connectivity index (χ0) is 17.4. The van der Waals surface area contributed by atoms with E-state index < -0.39 is 38.3 Å². The van der Waals surface area contributed by atoms with E-state index in [9.17, 15) is 22.0 Å². The molecule has 0 radical (unpaired) electrons. The van der Waals surface area contributed by atoms with Gasteiger partial charge in [-0.2, -0.15) is 0 Å². The molecule has 9 heteroatoms. The van der Waals surface area contributed by atoms with Gasteiger partial charge in [-0.3, -0.25) is 0 Å². The van der Waals surface area contributed by atoms with Gasteiger partial charge in [-0.25, -0.2) is 0 Å². The Bertz CT molecular complexity index is 402. The zero-order valence-electron chi connectivity index (χ0n) is 13.1. The minimum atomic E-state index is -4.65. The van der Waals surface area contributed by atoms with Crippen molar-refractivity contribution in [2.24, 2.45) is 4.99 Å². The van der Waals surface area contributed by atoms with Crippen molar-refractivity contribution < 1.29 is 44.9 Å². The summed E-state index contributed by atoms with van der Waals surface area (Å²) in [5.74, 6) is 0. The average Bonchev–Trinajstić information content (AvgIpc) is 2.34. The van der Waals surface area contributed by atoms with Crippen LogP contribution in [0.3, 0.4) is 0 Å². The summed E-state index contributed by atoms with van der Waals surface area (Å²) in [6.07, 6.45) is -2.36. The summed E-state index contributed by atoms with van der Waals surface area (Å²) < 4.78 is 63.6. The predicted octanol–water partition coefficient (Wildman–Crippen LogP) is 4.28. The van der Waals surface area contributed by atoms with E-state index in [0.29, 0.717) is 19.9 Å². The van der Waals surface area contributed by atoms with Crippen LogP contribution in [0.15, 0.2) is 15.5 Å². The Morgan fingerprint density at radius 1 is 1.23 bits per heavy atom. The number of nitrogens with one attached hydrogen (secondary N) is 1. The van der Waals surface area contributed by atoms with Crippen LogP contribution in [0.2, 0.25) is 0 Å². The average molecular weight is 511 g/mol. The SMILES string of the molecule is CCC/C(SC)=C(\[C](=NCCNC)[Hf][C](C)(F)F)C(F)(F)F. The third-order valence-corrected chi connectivity index (χ3v) is 7.29. The van der Waals surface area contributed by atoms with Gasteiger partial charge >= 0.3 is 144 Å². The number of rotatable bonds is 9. The van der Waals surface area contributed by atoms with Crippen LogP contribution in [-0.2, 0) is 22.9 Å². The van der Waals surface area contributed by atoms with E-state index in [1.54, 1.807) is 20.2 Å². The Morgan fingerprint density at radius 2 is 1.82 bits per heavy atom. The Balaban J connectivity index is 5.89. The zero-order valence-corrected chi connectivity index (χ0v) is 17.5. The number of thioether (sulfide) groups is 1. The summed E-state index contributed by atoms with van der Waals surface area (Å²) in [4.78, 5) is 3.99. The molecule has 128 valence electrons. The predicted molar refractivity (Wildman–Crippen MR) is 78.4 cm³/mol. The number of halogens is 5. The molecule has 0 aliphatic carbocycles. The Kier molecular flexibility index (Phi) is 10.3. The summed E-state index contributed by atoms with van der Waals surface area (Å²) >= 11 is -2.07. The standard InChI is InChI=1S/C11H18F3N2S.C2H3F2.Hf/c1-4-5-10(17-3)9(11(12,13)14)8-16-7-6-15-2;1-2(3)4;/h15H,4-7H2,1-3H3;1H3;/b10-9-,16-8?;;. The van der Waals surface area contributed by atoms with Gasteiger partial charge in [0.2, 0.25) is 0 Å². The molecule has 1 N–H and O–H groups in total. The summed E-state index contributed by atoms with van der Waals surface area (Å²) in [6, 6.07) is 0. The number of likely N-dealkylation sites (N-methyl/N-ethyl adjacent to an activating group) is 1. The first-order valence-corrected chi connectivity index (χ1v) is 11.6. The Labute approximate surface area is 143 Å². The molecule has 0 aromatic rings. The van der Waals surface area contributed by atoms with Gasteiger partial charge in [-0.15, -0.1) is 0 Å². The van der Waals surface area contributed by atoms with Gasteiger partial charge in [0.1, 0.15) is 0 Å². The van der Waals surface area contributed by atoms with Crippen molar-refractivity contribution in [3.05, 3.63) is 10.5 Å². The molecule has 0 unspecified atom stereocenters. The first kappa shape index (κ1) is 22.2. The van der Waals surface area contributed by atoms with Gasteiger partial charge in [-0.05, 0) is 0 Å². The number of aliphatic imine (C=N–C) groups is 1. The summed E-state index contributed by atoms with van der Waals surface area (Å²) in [5.41, 5.74) is -0.914. The Hall–Kier alpha value is 0.240. The van der Waals surface area contributed by atoms with E-state index in [1.165, 1.54) is 0 Å². The normalized spacial score (nSPS) is 14.9. The van der Waals surface area contributed by atoms with Crippen molar-refractivity contribution in [2.75, 3.05) is 26.4 Å². The molecule has 0 aliphatic heterocycles. The van der Waals surface area contributed by atoms with Gasteiger partial charge in [0, 0.05) is 0 Å². The third-order valence-electron chi connectivity index (χ3n) is 2.49. The van der Waals surface area contributed by atoms with Gasteiger partial charge in [0.25, 0.3) is 0 Å². The van der Waals surface area contributed by atoms with Crippen LogP contribution in [-0.4, -0.2) is 39.7 Å². The fourth-order valence-corrected chi connectivity index (χ4v) is 6.48. The monoisotopic (exact) mass is 512 g/mol. The molecule has 0 fully saturated rings. The molecule has 2 nitrogen and oxygen atoms in total. The molecule has 0 amide bonds. The van der Waals surface area contributed by atoms with E-state index in [2.05, 4.69) is 10.3 Å². The van der Waals surface area contributed by atoms with Gasteiger partial charge < -0.3 is 0 Å². The fraction of sp³-hybridized carbons (Fsp3) is 0.769. The van der Waals surface area contributed by atoms with Crippen molar-refractivity contribution in [1.29, 1.82) is 0 Å². The molecular weight excluding hydrogens is 490 g/mol. The molecule has 0 aliphatic rings. The molecule has 0 rings (SSSR count). The van der Waals surface area contributed by atoms with Crippen LogP contribution >= 0.6 is 11.8 Å². The summed E-state index contributed by atoms with van der Waals surface area (Å²) in [5, 5.41) is 2.76. The topological polar surface area (TPSA) is 24.4 Å². The van der Waals surface area contributed by atoms with Crippen molar-refractivity contribution in [3.63, 3.8) is 0 Å². The first-order chi connectivity index (χ1) is 10.1. The van der Waals surface area contributed by atoms with E-state index in [0.717, 1.165) is 11.8 Å². The van der Waals surface area contributed by atoms with E-state index in [-0.39, 0.29) is 21.3 Å². The quantitative estimate of drug-likeness (QED) is 0.217. The number of alkyl halides is 5. The third kappa shape index (κ3) is 8.76. The number of nitrogens with zero attached hydrogens (tertiary/aromatic N) is 1.